The van der Waals surface area contributed by atoms with Crippen LogP contribution in [0.3, 0.4) is 0 Å². The summed E-state index contributed by atoms with van der Waals surface area (Å²) in [5.74, 6) is 0.0947. The quantitative estimate of drug-likeness (QED) is 0.461. The Morgan fingerprint density at radius 2 is 1.71 bits per heavy atom. The molecule has 0 spiro atoms. The Morgan fingerprint density at radius 1 is 1.00 bits per heavy atom. The molecule has 1 unspecified atom stereocenters. The molecule has 1 fully saturated rings. The van der Waals surface area contributed by atoms with Crippen LogP contribution >= 0.6 is 0 Å². The van der Waals surface area contributed by atoms with Crippen LogP contribution in [0.1, 0.15) is 42.1 Å². The molecule has 0 aliphatic carbocycles. The SMILES string of the molecule is CC1Oc2ccc(NC(=O)c3ccc(S(=O)(=O)N4CCCC4)cc3)cc2N(CCCc2ccccc2)C1=O. The first kappa shape index (κ1) is 25.9. The van der Waals surface area contributed by atoms with Crippen LogP contribution < -0.4 is 15.0 Å². The number of anilines is 2. The Hall–Kier alpha value is -3.69. The van der Waals surface area contributed by atoms with Crippen molar-refractivity contribution >= 4 is 33.2 Å². The molecule has 38 heavy (non-hydrogen) atoms. The van der Waals surface area contributed by atoms with Gasteiger partial charge in [-0.15, -0.1) is 0 Å². The number of ether oxygens (including phenoxy) is 1. The molecule has 2 heterocycles. The Balaban J connectivity index is 1.29. The van der Waals surface area contributed by atoms with E-state index in [0.29, 0.717) is 42.3 Å². The number of rotatable bonds is 8. The lowest BCUT2D eigenvalue weighted by atomic mass is 10.1. The predicted molar refractivity (Wildman–Crippen MR) is 146 cm³/mol. The van der Waals surface area contributed by atoms with E-state index in [-0.39, 0.29) is 16.7 Å². The van der Waals surface area contributed by atoms with Crippen molar-refractivity contribution in [2.45, 2.75) is 43.6 Å². The average Bonchev–Trinajstić information content (AvgIpc) is 3.48. The molecule has 1 saturated heterocycles. The Labute approximate surface area is 223 Å². The molecule has 0 radical (unpaired) electrons. The monoisotopic (exact) mass is 533 g/mol. The number of carbonyl (C=O) groups is 2. The van der Waals surface area contributed by atoms with E-state index in [1.54, 1.807) is 30.0 Å². The van der Waals surface area contributed by atoms with Crippen molar-refractivity contribution in [2.75, 3.05) is 29.9 Å². The lowest BCUT2D eigenvalue weighted by Crippen LogP contribution is -2.45. The number of benzene rings is 3. The summed E-state index contributed by atoms with van der Waals surface area (Å²) in [6, 6.07) is 21.3. The van der Waals surface area contributed by atoms with Gasteiger partial charge in [-0.25, -0.2) is 8.42 Å². The maximum Gasteiger partial charge on any atom is 0.267 e. The molecule has 1 N–H and O–H groups in total. The van der Waals surface area contributed by atoms with E-state index in [9.17, 15) is 18.0 Å². The number of amides is 2. The molecule has 9 heteroatoms. The first-order chi connectivity index (χ1) is 18.3. The summed E-state index contributed by atoms with van der Waals surface area (Å²) in [6.45, 7) is 3.31. The number of fused-ring (bicyclic) bond motifs is 1. The second kappa shape index (κ2) is 11.0. The van der Waals surface area contributed by atoms with E-state index >= 15 is 0 Å². The Bertz CT molecular complexity index is 1420. The van der Waals surface area contributed by atoms with Crippen molar-refractivity contribution in [1.82, 2.24) is 4.31 Å². The van der Waals surface area contributed by atoms with Crippen molar-refractivity contribution in [2.24, 2.45) is 0 Å². The normalized spacial score (nSPS) is 17.7. The van der Waals surface area contributed by atoms with Crippen LogP contribution in [0, 0.1) is 0 Å². The molecular weight excluding hydrogens is 502 g/mol. The van der Waals surface area contributed by atoms with E-state index in [4.69, 9.17) is 4.74 Å². The van der Waals surface area contributed by atoms with Crippen LogP contribution in [-0.2, 0) is 21.2 Å². The number of sulfonamides is 1. The molecule has 2 aliphatic heterocycles. The second-order valence-corrected chi connectivity index (χ2v) is 11.5. The minimum Gasteiger partial charge on any atom is -0.479 e. The van der Waals surface area contributed by atoms with Crippen molar-refractivity contribution < 1.29 is 22.7 Å². The summed E-state index contributed by atoms with van der Waals surface area (Å²) in [7, 11) is -3.54. The molecule has 198 valence electrons. The standard InChI is InChI=1S/C29H31N3O5S/c1-21-29(34)32(19-7-10-22-8-3-2-4-9-22)26-20-24(13-16-27(26)37-21)30-28(33)23-11-14-25(15-12-23)38(35,36)31-17-5-6-18-31/h2-4,8-9,11-16,20-21H,5-7,10,17-19H2,1H3,(H,30,33). The van der Waals surface area contributed by atoms with Gasteiger partial charge < -0.3 is 15.0 Å². The van der Waals surface area contributed by atoms with Crippen LogP contribution in [0.4, 0.5) is 11.4 Å². The van der Waals surface area contributed by atoms with Gasteiger partial charge in [-0.1, -0.05) is 30.3 Å². The maximum atomic E-state index is 13.0. The number of nitrogens with zero attached hydrogens (tertiary/aromatic N) is 2. The molecular formula is C29H31N3O5S. The van der Waals surface area contributed by atoms with Crippen molar-refractivity contribution in [1.29, 1.82) is 0 Å². The lowest BCUT2D eigenvalue weighted by Gasteiger charge is -2.33. The van der Waals surface area contributed by atoms with Gasteiger partial charge in [-0.2, -0.15) is 4.31 Å². The van der Waals surface area contributed by atoms with E-state index < -0.39 is 16.1 Å². The molecule has 0 bridgehead atoms. The smallest absolute Gasteiger partial charge is 0.267 e. The largest absolute Gasteiger partial charge is 0.479 e. The molecule has 5 rings (SSSR count). The Morgan fingerprint density at radius 3 is 2.42 bits per heavy atom. The summed E-state index contributed by atoms with van der Waals surface area (Å²) in [6.07, 6.45) is 2.76. The van der Waals surface area contributed by atoms with Gasteiger partial charge in [0, 0.05) is 30.9 Å². The van der Waals surface area contributed by atoms with Crippen molar-refractivity contribution in [3.8, 4) is 5.75 Å². The van der Waals surface area contributed by atoms with Crippen LogP contribution in [-0.4, -0.2) is 50.3 Å². The van der Waals surface area contributed by atoms with E-state index in [1.165, 1.54) is 34.1 Å². The van der Waals surface area contributed by atoms with E-state index in [2.05, 4.69) is 17.4 Å². The molecule has 1 atom stereocenters. The first-order valence-electron chi connectivity index (χ1n) is 12.9. The third-order valence-corrected chi connectivity index (χ3v) is 8.85. The zero-order valence-electron chi connectivity index (χ0n) is 21.3. The summed E-state index contributed by atoms with van der Waals surface area (Å²) < 4.78 is 32.8. The van der Waals surface area contributed by atoms with Gasteiger partial charge in [0.1, 0.15) is 5.75 Å². The summed E-state index contributed by atoms with van der Waals surface area (Å²) in [5, 5.41) is 2.86. The minimum atomic E-state index is -3.54. The fourth-order valence-corrected chi connectivity index (χ4v) is 6.38. The third kappa shape index (κ3) is 5.44. The van der Waals surface area contributed by atoms with Gasteiger partial charge in [0.2, 0.25) is 10.0 Å². The number of aryl methyl sites for hydroxylation is 1. The average molecular weight is 534 g/mol. The van der Waals surface area contributed by atoms with Crippen molar-refractivity contribution in [3.63, 3.8) is 0 Å². The Kier molecular flexibility index (Phi) is 7.49. The van der Waals surface area contributed by atoms with Gasteiger partial charge in [-0.3, -0.25) is 9.59 Å². The predicted octanol–water partition coefficient (Wildman–Crippen LogP) is 4.47. The molecule has 2 aliphatic rings. The fraction of sp³-hybridized carbons (Fsp3) is 0.310. The highest BCUT2D eigenvalue weighted by Crippen LogP contribution is 2.36. The van der Waals surface area contributed by atoms with Gasteiger partial charge in [0.05, 0.1) is 10.6 Å². The molecule has 0 saturated carbocycles. The zero-order valence-corrected chi connectivity index (χ0v) is 22.1. The lowest BCUT2D eigenvalue weighted by molar-refractivity contribution is -0.125. The highest BCUT2D eigenvalue weighted by atomic mass is 32.2. The molecule has 8 nitrogen and oxygen atoms in total. The number of carbonyl (C=O) groups excluding carboxylic acids is 2. The number of hydrogen-bond donors (Lipinski definition) is 1. The molecule has 3 aromatic rings. The third-order valence-electron chi connectivity index (χ3n) is 6.93. The van der Waals surface area contributed by atoms with Gasteiger partial charge in [-0.05, 0) is 80.6 Å². The summed E-state index contributed by atoms with van der Waals surface area (Å²) in [4.78, 5) is 27.8. The number of hydrogen-bond acceptors (Lipinski definition) is 5. The van der Waals surface area contributed by atoms with Crippen LogP contribution in [0.15, 0.2) is 77.7 Å². The first-order valence-corrected chi connectivity index (χ1v) is 14.3. The molecule has 0 aromatic heterocycles. The zero-order chi connectivity index (χ0) is 26.7. The number of nitrogens with one attached hydrogen (secondary N) is 1. The second-order valence-electron chi connectivity index (χ2n) is 9.61. The highest BCUT2D eigenvalue weighted by molar-refractivity contribution is 7.89. The van der Waals surface area contributed by atoms with Gasteiger partial charge >= 0.3 is 0 Å². The summed E-state index contributed by atoms with van der Waals surface area (Å²) >= 11 is 0. The fourth-order valence-electron chi connectivity index (χ4n) is 4.86. The highest BCUT2D eigenvalue weighted by Gasteiger charge is 2.31. The molecule has 3 aromatic carbocycles. The van der Waals surface area contributed by atoms with Gasteiger partial charge in [0.15, 0.2) is 6.10 Å². The topological polar surface area (TPSA) is 96.0 Å². The van der Waals surface area contributed by atoms with Crippen LogP contribution in [0.5, 0.6) is 5.75 Å². The van der Waals surface area contributed by atoms with Crippen molar-refractivity contribution in [3.05, 3.63) is 83.9 Å². The van der Waals surface area contributed by atoms with Crippen LogP contribution in [0.25, 0.3) is 0 Å². The minimum absolute atomic E-state index is 0.121. The van der Waals surface area contributed by atoms with Crippen LogP contribution in [0.2, 0.25) is 0 Å². The van der Waals surface area contributed by atoms with Gasteiger partial charge in [0.25, 0.3) is 11.8 Å². The molecule has 2 amide bonds. The maximum absolute atomic E-state index is 13.0. The van der Waals surface area contributed by atoms with E-state index in [0.717, 1.165) is 25.7 Å². The summed E-state index contributed by atoms with van der Waals surface area (Å²) in [5.41, 5.74) is 2.68. The van der Waals surface area contributed by atoms with E-state index in [1.807, 2.05) is 18.2 Å².